The maximum atomic E-state index is 12.5. The largest absolute Gasteiger partial charge is 0.495 e. The van der Waals surface area contributed by atoms with Gasteiger partial charge >= 0.3 is 5.97 Å². The van der Waals surface area contributed by atoms with Crippen LogP contribution in [0.3, 0.4) is 0 Å². The third kappa shape index (κ3) is 6.26. The minimum atomic E-state index is -1.02. The van der Waals surface area contributed by atoms with Gasteiger partial charge in [-0.25, -0.2) is 4.79 Å². The second-order valence-corrected chi connectivity index (χ2v) is 8.41. The first-order valence-electron chi connectivity index (χ1n) is 10.8. The monoisotopic (exact) mass is 481 g/mol. The van der Waals surface area contributed by atoms with Crippen LogP contribution in [0.15, 0.2) is 48.5 Å². The van der Waals surface area contributed by atoms with Crippen LogP contribution < -0.4 is 10.1 Å². The Balaban J connectivity index is 1.63. The maximum Gasteiger partial charge on any atom is 0.331 e. The van der Waals surface area contributed by atoms with E-state index in [2.05, 4.69) is 34.7 Å². The Hall–Kier alpha value is -3.58. The molecular formula is C26H28ClN3O4. The molecule has 34 heavy (non-hydrogen) atoms. The van der Waals surface area contributed by atoms with Crippen LogP contribution in [0.5, 0.6) is 5.75 Å². The summed E-state index contributed by atoms with van der Waals surface area (Å²) in [5, 5.41) is 7.70. The maximum absolute atomic E-state index is 12.5. The summed E-state index contributed by atoms with van der Waals surface area (Å²) in [7, 11) is 1.49. The fourth-order valence-electron chi connectivity index (χ4n) is 3.40. The lowest BCUT2D eigenvalue weighted by molar-refractivity contribution is -0.148. The van der Waals surface area contributed by atoms with Crippen LogP contribution in [0.2, 0.25) is 5.02 Å². The number of anilines is 1. The molecule has 1 unspecified atom stereocenters. The predicted molar refractivity (Wildman–Crippen MR) is 133 cm³/mol. The number of benzene rings is 2. The molecule has 7 nitrogen and oxygen atoms in total. The Morgan fingerprint density at radius 3 is 2.53 bits per heavy atom. The molecule has 8 heteroatoms. The summed E-state index contributed by atoms with van der Waals surface area (Å²) in [5.74, 6) is -0.684. The van der Waals surface area contributed by atoms with Gasteiger partial charge in [-0.05, 0) is 57.5 Å². The van der Waals surface area contributed by atoms with E-state index in [-0.39, 0.29) is 0 Å². The lowest BCUT2D eigenvalue weighted by atomic mass is 10.1. The molecule has 0 spiro atoms. The first-order chi connectivity index (χ1) is 16.2. The number of ether oxygens (including phenoxy) is 2. The van der Waals surface area contributed by atoms with Crippen LogP contribution in [-0.2, 0) is 20.9 Å². The predicted octanol–water partition coefficient (Wildman–Crippen LogP) is 5.10. The van der Waals surface area contributed by atoms with Crippen molar-refractivity contribution in [3.05, 3.63) is 81.6 Å². The molecule has 1 atom stereocenters. The van der Waals surface area contributed by atoms with Gasteiger partial charge in [0.05, 0.1) is 25.0 Å². The standard InChI is InChI=1S/C26H28ClN3O4/c1-16-6-8-20(9-7-16)15-30-18(3)22(17(2)29-30)11-13-25(31)34-19(4)26(32)28-23-14-21(27)10-12-24(23)33-5/h6-14,19H,15H2,1-5H3,(H,28,32)/b13-11+. The summed E-state index contributed by atoms with van der Waals surface area (Å²) >= 11 is 5.99. The first-order valence-corrected chi connectivity index (χ1v) is 11.2. The average Bonchev–Trinajstić information content (AvgIpc) is 3.06. The van der Waals surface area contributed by atoms with Crippen molar-refractivity contribution in [2.45, 2.75) is 40.3 Å². The number of nitrogens with zero attached hydrogens (tertiary/aromatic N) is 2. The molecule has 0 radical (unpaired) electrons. The third-order valence-electron chi connectivity index (χ3n) is 5.36. The van der Waals surface area contributed by atoms with Crippen LogP contribution in [-0.4, -0.2) is 34.9 Å². The average molecular weight is 482 g/mol. The quantitative estimate of drug-likeness (QED) is 0.357. The van der Waals surface area contributed by atoms with Crippen LogP contribution in [0, 0.1) is 20.8 Å². The molecule has 0 aliphatic rings. The number of rotatable bonds is 8. The van der Waals surface area contributed by atoms with E-state index in [4.69, 9.17) is 21.1 Å². The second-order valence-electron chi connectivity index (χ2n) is 7.97. The van der Waals surface area contributed by atoms with E-state index in [1.165, 1.54) is 25.7 Å². The molecule has 1 aromatic heterocycles. The molecule has 3 aromatic rings. The molecule has 0 saturated heterocycles. The van der Waals surface area contributed by atoms with Gasteiger partial charge in [0.1, 0.15) is 5.75 Å². The number of hydrogen-bond donors (Lipinski definition) is 1. The van der Waals surface area contributed by atoms with Crippen LogP contribution in [0.1, 0.15) is 35.0 Å². The van der Waals surface area contributed by atoms with Crippen molar-refractivity contribution in [3.63, 3.8) is 0 Å². The van der Waals surface area contributed by atoms with Crippen LogP contribution >= 0.6 is 11.6 Å². The van der Waals surface area contributed by atoms with Crippen molar-refractivity contribution < 1.29 is 19.1 Å². The van der Waals surface area contributed by atoms with Crippen molar-refractivity contribution >= 4 is 35.2 Å². The Labute approximate surface area is 204 Å². The fraction of sp³-hybridized carbons (Fsp3) is 0.269. The summed E-state index contributed by atoms with van der Waals surface area (Å²) in [4.78, 5) is 24.8. The molecule has 0 aliphatic carbocycles. The second kappa shape index (κ2) is 11.0. The number of nitrogens with one attached hydrogen (secondary N) is 1. The summed E-state index contributed by atoms with van der Waals surface area (Å²) in [6.07, 6.45) is 1.94. The number of esters is 1. The molecule has 2 aromatic carbocycles. The van der Waals surface area contributed by atoms with Gasteiger partial charge in [-0.1, -0.05) is 41.4 Å². The van der Waals surface area contributed by atoms with Gasteiger partial charge in [-0.15, -0.1) is 0 Å². The molecule has 0 saturated carbocycles. The molecule has 1 amide bonds. The van der Waals surface area contributed by atoms with Gasteiger partial charge in [0.15, 0.2) is 6.10 Å². The van der Waals surface area contributed by atoms with Gasteiger partial charge in [0, 0.05) is 22.4 Å². The Kier molecular flexibility index (Phi) is 8.12. The van der Waals surface area contributed by atoms with E-state index >= 15 is 0 Å². The zero-order valence-corrected chi connectivity index (χ0v) is 20.6. The lowest BCUT2D eigenvalue weighted by Crippen LogP contribution is -2.29. The molecule has 1 heterocycles. The highest BCUT2D eigenvalue weighted by molar-refractivity contribution is 6.31. The van der Waals surface area contributed by atoms with E-state index in [1.807, 2.05) is 25.5 Å². The van der Waals surface area contributed by atoms with Crippen molar-refractivity contribution in [1.29, 1.82) is 0 Å². The molecule has 178 valence electrons. The van der Waals surface area contributed by atoms with Crippen molar-refractivity contribution in [1.82, 2.24) is 9.78 Å². The Morgan fingerprint density at radius 2 is 1.85 bits per heavy atom. The first kappa shape index (κ1) is 25.1. The number of amides is 1. The normalized spacial score (nSPS) is 11.9. The van der Waals surface area contributed by atoms with Gasteiger partial charge in [0.2, 0.25) is 0 Å². The van der Waals surface area contributed by atoms with E-state index in [1.54, 1.807) is 24.3 Å². The smallest absolute Gasteiger partial charge is 0.331 e. The zero-order valence-electron chi connectivity index (χ0n) is 19.9. The van der Waals surface area contributed by atoms with Gasteiger partial charge in [0.25, 0.3) is 5.91 Å². The number of aryl methyl sites for hydroxylation is 2. The van der Waals surface area contributed by atoms with Crippen molar-refractivity contribution in [3.8, 4) is 5.75 Å². The van der Waals surface area contributed by atoms with E-state index < -0.39 is 18.0 Å². The van der Waals surface area contributed by atoms with Crippen LogP contribution in [0.4, 0.5) is 5.69 Å². The summed E-state index contributed by atoms with van der Waals surface area (Å²) < 4.78 is 12.4. The molecule has 3 rings (SSSR count). The number of hydrogen-bond acceptors (Lipinski definition) is 5. The highest BCUT2D eigenvalue weighted by Gasteiger charge is 2.19. The topological polar surface area (TPSA) is 82.4 Å². The van der Waals surface area contributed by atoms with Gasteiger partial charge < -0.3 is 14.8 Å². The van der Waals surface area contributed by atoms with E-state index in [9.17, 15) is 9.59 Å². The van der Waals surface area contributed by atoms with Crippen LogP contribution in [0.25, 0.3) is 6.08 Å². The molecule has 0 bridgehead atoms. The minimum Gasteiger partial charge on any atom is -0.495 e. The highest BCUT2D eigenvalue weighted by Crippen LogP contribution is 2.28. The summed E-state index contributed by atoms with van der Waals surface area (Å²) in [5.41, 5.74) is 5.31. The number of carbonyl (C=O) groups is 2. The number of halogens is 1. The lowest BCUT2D eigenvalue weighted by Gasteiger charge is -2.14. The number of aromatic nitrogens is 2. The molecule has 1 N–H and O–H groups in total. The number of carbonyl (C=O) groups excluding carboxylic acids is 2. The summed E-state index contributed by atoms with van der Waals surface area (Å²) in [6, 6.07) is 13.1. The van der Waals surface area contributed by atoms with E-state index in [0.717, 1.165) is 22.5 Å². The zero-order chi connectivity index (χ0) is 24.8. The highest BCUT2D eigenvalue weighted by atomic mass is 35.5. The Bertz CT molecular complexity index is 1220. The summed E-state index contributed by atoms with van der Waals surface area (Å²) in [6.45, 7) is 8.02. The molecule has 0 fully saturated rings. The van der Waals surface area contributed by atoms with E-state index in [0.29, 0.717) is 23.0 Å². The van der Waals surface area contributed by atoms with Crippen molar-refractivity contribution in [2.75, 3.05) is 12.4 Å². The SMILES string of the molecule is COc1ccc(Cl)cc1NC(=O)C(C)OC(=O)/C=C/c1c(C)nn(Cc2ccc(C)cc2)c1C. The molecule has 0 aliphatic heterocycles. The fourth-order valence-corrected chi connectivity index (χ4v) is 3.58. The van der Waals surface area contributed by atoms with Gasteiger partial charge in [-0.3, -0.25) is 9.48 Å². The Morgan fingerprint density at radius 1 is 1.15 bits per heavy atom. The third-order valence-corrected chi connectivity index (χ3v) is 5.59. The van der Waals surface area contributed by atoms with Gasteiger partial charge in [-0.2, -0.15) is 5.10 Å². The molecular weight excluding hydrogens is 454 g/mol. The minimum absolute atomic E-state index is 0.394. The number of methoxy groups -OCH3 is 1. The van der Waals surface area contributed by atoms with Crippen molar-refractivity contribution in [2.24, 2.45) is 0 Å².